The summed E-state index contributed by atoms with van der Waals surface area (Å²) in [6.07, 6.45) is 1.47. The van der Waals surface area contributed by atoms with Crippen molar-refractivity contribution in [2.45, 2.75) is 18.9 Å². The van der Waals surface area contributed by atoms with Crippen molar-refractivity contribution < 1.29 is 19.8 Å². The number of piperidine rings is 1. The highest BCUT2D eigenvalue weighted by atomic mass is 16.5. The SMILES string of the molecule is O=C1c2ccc(O)cc2OCN1C1CCN(O)CC1. The van der Waals surface area contributed by atoms with Crippen LogP contribution in [0.3, 0.4) is 0 Å². The van der Waals surface area contributed by atoms with Crippen LogP contribution in [0.2, 0.25) is 0 Å². The number of benzene rings is 1. The van der Waals surface area contributed by atoms with E-state index in [1.807, 2.05) is 0 Å². The van der Waals surface area contributed by atoms with E-state index in [0.29, 0.717) is 24.4 Å². The van der Waals surface area contributed by atoms with Gasteiger partial charge in [-0.1, -0.05) is 0 Å². The highest BCUT2D eigenvalue weighted by molar-refractivity contribution is 5.98. The quantitative estimate of drug-likeness (QED) is 0.792. The predicted molar refractivity (Wildman–Crippen MR) is 66.2 cm³/mol. The van der Waals surface area contributed by atoms with Crippen molar-refractivity contribution in [2.75, 3.05) is 19.8 Å². The van der Waals surface area contributed by atoms with Crippen molar-refractivity contribution >= 4 is 5.91 Å². The Morgan fingerprint density at radius 3 is 2.74 bits per heavy atom. The zero-order valence-electron chi connectivity index (χ0n) is 10.5. The first-order valence-corrected chi connectivity index (χ1v) is 6.36. The number of hydrogen-bond acceptors (Lipinski definition) is 5. The van der Waals surface area contributed by atoms with E-state index in [4.69, 9.17) is 4.74 Å². The van der Waals surface area contributed by atoms with Crippen molar-refractivity contribution in [2.24, 2.45) is 0 Å². The molecule has 0 saturated carbocycles. The molecule has 0 aliphatic carbocycles. The van der Waals surface area contributed by atoms with Gasteiger partial charge in [0.2, 0.25) is 0 Å². The third kappa shape index (κ3) is 2.24. The van der Waals surface area contributed by atoms with E-state index in [-0.39, 0.29) is 24.4 Å². The van der Waals surface area contributed by atoms with E-state index in [0.717, 1.165) is 12.8 Å². The van der Waals surface area contributed by atoms with Crippen molar-refractivity contribution in [3.63, 3.8) is 0 Å². The van der Waals surface area contributed by atoms with E-state index in [2.05, 4.69) is 0 Å². The largest absolute Gasteiger partial charge is 0.508 e. The molecule has 2 heterocycles. The van der Waals surface area contributed by atoms with E-state index < -0.39 is 0 Å². The number of carbonyl (C=O) groups excluding carboxylic acids is 1. The normalized spacial score (nSPS) is 21.1. The summed E-state index contributed by atoms with van der Waals surface area (Å²) in [5, 5.41) is 20.0. The molecule has 2 aliphatic rings. The molecule has 0 atom stereocenters. The van der Waals surface area contributed by atoms with Gasteiger partial charge in [0.15, 0.2) is 6.73 Å². The molecule has 102 valence electrons. The molecule has 3 rings (SSSR count). The van der Waals surface area contributed by atoms with Crippen LogP contribution < -0.4 is 4.74 Å². The van der Waals surface area contributed by atoms with Gasteiger partial charge < -0.3 is 20.0 Å². The fraction of sp³-hybridized carbons (Fsp3) is 0.462. The van der Waals surface area contributed by atoms with Gasteiger partial charge in [-0.2, -0.15) is 5.06 Å². The Labute approximate surface area is 110 Å². The molecular formula is C13H16N2O4. The topological polar surface area (TPSA) is 73.2 Å². The number of rotatable bonds is 1. The van der Waals surface area contributed by atoms with Gasteiger partial charge in [0.25, 0.3) is 5.91 Å². The maximum absolute atomic E-state index is 12.4. The van der Waals surface area contributed by atoms with Gasteiger partial charge in [-0.15, -0.1) is 0 Å². The molecular weight excluding hydrogens is 248 g/mol. The number of hydroxylamine groups is 2. The summed E-state index contributed by atoms with van der Waals surface area (Å²) in [6, 6.07) is 4.62. The van der Waals surface area contributed by atoms with E-state index in [1.165, 1.54) is 17.2 Å². The molecule has 0 bridgehead atoms. The molecule has 1 saturated heterocycles. The molecule has 2 aliphatic heterocycles. The van der Waals surface area contributed by atoms with Crippen LogP contribution in [0, 0.1) is 0 Å². The lowest BCUT2D eigenvalue weighted by Crippen LogP contribution is -2.49. The number of phenols is 1. The van der Waals surface area contributed by atoms with Gasteiger partial charge in [0.1, 0.15) is 11.5 Å². The number of ether oxygens (including phenoxy) is 1. The zero-order chi connectivity index (χ0) is 13.4. The Bertz CT molecular complexity index is 497. The Morgan fingerprint density at radius 2 is 2.00 bits per heavy atom. The van der Waals surface area contributed by atoms with Crippen LogP contribution in [0.25, 0.3) is 0 Å². The second kappa shape index (κ2) is 4.71. The highest BCUT2D eigenvalue weighted by Gasteiger charge is 2.33. The molecule has 1 amide bonds. The van der Waals surface area contributed by atoms with E-state index in [1.54, 1.807) is 11.0 Å². The second-order valence-electron chi connectivity index (χ2n) is 4.91. The number of phenolic OH excluding ortho intramolecular Hbond substituents is 1. The first-order valence-electron chi connectivity index (χ1n) is 6.36. The van der Waals surface area contributed by atoms with Crippen molar-refractivity contribution in [3.05, 3.63) is 23.8 Å². The molecule has 0 aromatic heterocycles. The van der Waals surface area contributed by atoms with Crippen LogP contribution in [0.15, 0.2) is 18.2 Å². The first-order chi connectivity index (χ1) is 9.15. The van der Waals surface area contributed by atoms with Crippen molar-refractivity contribution in [1.82, 2.24) is 9.96 Å². The Morgan fingerprint density at radius 1 is 1.26 bits per heavy atom. The Hall–Kier alpha value is -1.79. The molecule has 1 aromatic carbocycles. The number of nitrogens with zero attached hydrogens (tertiary/aromatic N) is 2. The van der Waals surface area contributed by atoms with Gasteiger partial charge in [0, 0.05) is 25.2 Å². The summed E-state index contributed by atoms with van der Waals surface area (Å²) in [4.78, 5) is 14.1. The summed E-state index contributed by atoms with van der Waals surface area (Å²) in [7, 11) is 0. The van der Waals surface area contributed by atoms with E-state index >= 15 is 0 Å². The van der Waals surface area contributed by atoms with Gasteiger partial charge in [-0.05, 0) is 25.0 Å². The van der Waals surface area contributed by atoms with Gasteiger partial charge in [0.05, 0.1) is 5.56 Å². The maximum atomic E-state index is 12.4. The van der Waals surface area contributed by atoms with E-state index in [9.17, 15) is 15.1 Å². The lowest BCUT2D eigenvalue weighted by molar-refractivity contribution is -0.116. The van der Waals surface area contributed by atoms with Crippen molar-refractivity contribution in [3.8, 4) is 11.5 Å². The van der Waals surface area contributed by atoms with Crippen molar-refractivity contribution in [1.29, 1.82) is 0 Å². The molecule has 6 heteroatoms. The number of fused-ring (bicyclic) bond motifs is 1. The van der Waals surface area contributed by atoms with Gasteiger partial charge in [-0.25, -0.2) is 0 Å². The second-order valence-corrected chi connectivity index (χ2v) is 4.91. The average molecular weight is 264 g/mol. The minimum atomic E-state index is -0.0716. The lowest BCUT2D eigenvalue weighted by atomic mass is 10.0. The fourth-order valence-corrected chi connectivity index (χ4v) is 2.59. The van der Waals surface area contributed by atoms with Crippen LogP contribution in [-0.2, 0) is 0 Å². The van der Waals surface area contributed by atoms with Crippen LogP contribution in [0.4, 0.5) is 0 Å². The smallest absolute Gasteiger partial charge is 0.260 e. The van der Waals surface area contributed by atoms with Crippen LogP contribution in [-0.4, -0.2) is 52.0 Å². The summed E-state index contributed by atoms with van der Waals surface area (Å²) >= 11 is 0. The molecule has 0 radical (unpaired) electrons. The molecule has 1 aromatic rings. The van der Waals surface area contributed by atoms with Crippen LogP contribution in [0.5, 0.6) is 11.5 Å². The number of carbonyl (C=O) groups is 1. The first kappa shape index (κ1) is 12.3. The third-order valence-corrected chi connectivity index (χ3v) is 3.70. The minimum absolute atomic E-state index is 0.0716. The number of aromatic hydroxyl groups is 1. The summed E-state index contributed by atoms with van der Waals surface area (Å²) in [5.41, 5.74) is 0.482. The molecule has 0 unspecified atom stereocenters. The molecule has 19 heavy (non-hydrogen) atoms. The highest BCUT2D eigenvalue weighted by Crippen LogP contribution is 2.30. The molecule has 0 spiro atoms. The summed E-state index contributed by atoms with van der Waals surface area (Å²) < 4.78 is 5.54. The van der Waals surface area contributed by atoms with Gasteiger partial charge >= 0.3 is 0 Å². The minimum Gasteiger partial charge on any atom is -0.508 e. The monoisotopic (exact) mass is 264 g/mol. The molecule has 1 fully saturated rings. The van der Waals surface area contributed by atoms with Crippen LogP contribution in [0.1, 0.15) is 23.2 Å². The zero-order valence-corrected chi connectivity index (χ0v) is 10.5. The summed E-state index contributed by atoms with van der Waals surface area (Å²) in [5.74, 6) is 0.451. The maximum Gasteiger partial charge on any atom is 0.260 e. The fourth-order valence-electron chi connectivity index (χ4n) is 2.59. The molecule has 6 nitrogen and oxygen atoms in total. The number of hydrogen-bond donors (Lipinski definition) is 2. The lowest BCUT2D eigenvalue weighted by Gasteiger charge is -2.38. The molecule has 2 N–H and O–H groups in total. The van der Waals surface area contributed by atoms with Gasteiger partial charge in [-0.3, -0.25) is 4.79 Å². The average Bonchev–Trinajstić information content (AvgIpc) is 2.40. The Kier molecular flexibility index (Phi) is 3.04. The Balaban J connectivity index is 1.80. The number of amides is 1. The summed E-state index contributed by atoms with van der Waals surface area (Å²) in [6.45, 7) is 1.33. The van der Waals surface area contributed by atoms with Crippen LogP contribution >= 0.6 is 0 Å². The standard InChI is InChI=1S/C13H16N2O4/c16-10-1-2-11-12(7-10)19-8-15(13(11)17)9-3-5-14(18)6-4-9/h1-2,7,9,16,18H,3-6,8H2. The third-order valence-electron chi connectivity index (χ3n) is 3.70. The predicted octanol–water partition coefficient (Wildman–Crippen LogP) is 1.04.